The molecule has 0 aliphatic heterocycles. The molecule has 0 saturated carbocycles. The fourth-order valence-electron chi connectivity index (χ4n) is 1.94. The molecule has 0 unspecified atom stereocenters. The number of anilines is 1. The number of rotatable bonds is 5. The molecule has 0 aromatic heterocycles. The summed E-state index contributed by atoms with van der Waals surface area (Å²) in [4.78, 5) is 24.0. The number of nitrogens with one attached hydrogen (secondary N) is 1. The highest BCUT2D eigenvalue weighted by Gasteiger charge is 2.10. The van der Waals surface area contributed by atoms with Gasteiger partial charge in [-0.05, 0) is 36.1 Å². The van der Waals surface area contributed by atoms with E-state index in [1.807, 2.05) is 24.5 Å². The van der Waals surface area contributed by atoms with Gasteiger partial charge < -0.3 is 11.1 Å². The lowest BCUT2D eigenvalue weighted by Gasteiger charge is -2.09. The van der Waals surface area contributed by atoms with Crippen LogP contribution in [0.1, 0.15) is 15.9 Å². The van der Waals surface area contributed by atoms with Gasteiger partial charge in [-0.1, -0.05) is 24.3 Å². The van der Waals surface area contributed by atoms with Gasteiger partial charge in [0.1, 0.15) is 0 Å². The van der Waals surface area contributed by atoms with E-state index in [1.165, 1.54) is 11.8 Å². The fourth-order valence-corrected chi connectivity index (χ4v) is 2.53. The number of amides is 2. The van der Waals surface area contributed by atoms with Crippen LogP contribution in [0.4, 0.5) is 5.69 Å². The van der Waals surface area contributed by atoms with Crippen LogP contribution >= 0.6 is 11.8 Å². The van der Waals surface area contributed by atoms with Crippen LogP contribution in [0.2, 0.25) is 0 Å². The van der Waals surface area contributed by atoms with Gasteiger partial charge in [-0.2, -0.15) is 0 Å². The Kier molecular flexibility index (Phi) is 5.00. The number of primary amides is 1. The third-order valence-corrected chi connectivity index (χ3v) is 3.74. The maximum Gasteiger partial charge on any atom is 0.256 e. The summed E-state index contributed by atoms with van der Waals surface area (Å²) in [6, 6.07) is 14.5. The van der Waals surface area contributed by atoms with Crippen molar-refractivity contribution in [2.75, 3.05) is 11.6 Å². The van der Waals surface area contributed by atoms with Crippen molar-refractivity contribution in [3.05, 3.63) is 59.7 Å². The Labute approximate surface area is 127 Å². The molecule has 0 aliphatic carbocycles. The number of hydrogen-bond acceptors (Lipinski definition) is 3. The summed E-state index contributed by atoms with van der Waals surface area (Å²) in [6.45, 7) is 0. The minimum Gasteiger partial charge on any atom is -0.369 e. The van der Waals surface area contributed by atoms with Gasteiger partial charge in [-0.15, -0.1) is 11.8 Å². The molecule has 0 bridgehead atoms. The van der Waals surface area contributed by atoms with Gasteiger partial charge in [0.05, 0.1) is 12.0 Å². The SMILES string of the molecule is CSc1ccccc1C(=O)Nc1ccc(CC(N)=O)cc1. The monoisotopic (exact) mass is 300 g/mol. The Bertz CT molecular complexity index is 654. The van der Waals surface area contributed by atoms with Gasteiger partial charge >= 0.3 is 0 Å². The number of benzene rings is 2. The van der Waals surface area contributed by atoms with Crippen LogP contribution in [0.25, 0.3) is 0 Å². The molecule has 0 radical (unpaired) electrons. The standard InChI is InChI=1S/C16H16N2O2S/c1-21-14-5-3-2-4-13(14)16(20)18-12-8-6-11(7-9-12)10-15(17)19/h2-9H,10H2,1H3,(H2,17,19)(H,18,20). The normalized spacial score (nSPS) is 10.1. The van der Waals surface area contributed by atoms with Crippen molar-refractivity contribution >= 4 is 29.3 Å². The molecule has 0 heterocycles. The van der Waals surface area contributed by atoms with Crippen LogP contribution in [0, 0.1) is 0 Å². The second kappa shape index (κ2) is 6.95. The first kappa shape index (κ1) is 15.1. The zero-order valence-corrected chi connectivity index (χ0v) is 12.4. The number of thioether (sulfide) groups is 1. The highest BCUT2D eigenvalue weighted by atomic mass is 32.2. The molecule has 108 valence electrons. The van der Waals surface area contributed by atoms with Crippen LogP contribution in [-0.2, 0) is 11.2 Å². The molecule has 21 heavy (non-hydrogen) atoms. The van der Waals surface area contributed by atoms with Gasteiger partial charge in [0.15, 0.2) is 0 Å². The van der Waals surface area contributed by atoms with Gasteiger partial charge in [0.2, 0.25) is 5.91 Å². The van der Waals surface area contributed by atoms with E-state index in [1.54, 1.807) is 30.3 Å². The molecule has 2 aromatic carbocycles. The van der Waals surface area contributed by atoms with E-state index < -0.39 is 0 Å². The molecule has 2 amide bonds. The summed E-state index contributed by atoms with van der Waals surface area (Å²) in [6.07, 6.45) is 2.13. The quantitative estimate of drug-likeness (QED) is 0.834. The second-order valence-electron chi connectivity index (χ2n) is 4.49. The Morgan fingerprint density at radius 2 is 1.76 bits per heavy atom. The lowest BCUT2D eigenvalue weighted by Crippen LogP contribution is -2.14. The van der Waals surface area contributed by atoms with Crippen molar-refractivity contribution in [1.82, 2.24) is 0 Å². The second-order valence-corrected chi connectivity index (χ2v) is 5.34. The number of nitrogens with two attached hydrogens (primary N) is 1. The summed E-state index contributed by atoms with van der Waals surface area (Å²) in [5, 5.41) is 2.85. The smallest absolute Gasteiger partial charge is 0.256 e. The van der Waals surface area contributed by atoms with E-state index >= 15 is 0 Å². The van der Waals surface area contributed by atoms with Gasteiger partial charge in [0.25, 0.3) is 5.91 Å². The van der Waals surface area contributed by atoms with Crippen molar-refractivity contribution in [3.8, 4) is 0 Å². The Balaban J connectivity index is 2.10. The maximum atomic E-state index is 12.3. The predicted octanol–water partition coefficient (Wildman–Crippen LogP) is 2.69. The van der Waals surface area contributed by atoms with Crippen molar-refractivity contribution in [1.29, 1.82) is 0 Å². The molecule has 5 heteroatoms. The number of carbonyl (C=O) groups excluding carboxylic acids is 2. The van der Waals surface area contributed by atoms with E-state index in [4.69, 9.17) is 5.73 Å². The van der Waals surface area contributed by atoms with Crippen molar-refractivity contribution in [2.45, 2.75) is 11.3 Å². The van der Waals surface area contributed by atoms with E-state index in [-0.39, 0.29) is 18.2 Å². The van der Waals surface area contributed by atoms with Crippen LogP contribution in [0.15, 0.2) is 53.4 Å². The van der Waals surface area contributed by atoms with Crippen molar-refractivity contribution in [3.63, 3.8) is 0 Å². The minimum absolute atomic E-state index is 0.150. The highest BCUT2D eigenvalue weighted by Crippen LogP contribution is 2.21. The number of hydrogen-bond donors (Lipinski definition) is 2. The molecular formula is C16H16N2O2S. The fraction of sp³-hybridized carbons (Fsp3) is 0.125. The van der Waals surface area contributed by atoms with Crippen LogP contribution < -0.4 is 11.1 Å². The summed E-state index contributed by atoms with van der Waals surface area (Å²) >= 11 is 1.53. The first-order chi connectivity index (χ1) is 10.1. The Morgan fingerprint density at radius 1 is 1.10 bits per heavy atom. The lowest BCUT2D eigenvalue weighted by atomic mass is 10.1. The van der Waals surface area contributed by atoms with Gasteiger partial charge in [-0.3, -0.25) is 9.59 Å². The van der Waals surface area contributed by atoms with E-state index in [0.29, 0.717) is 11.3 Å². The summed E-state index contributed by atoms with van der Waals surface area (Å²) in [7, 11) is 0. The molecule has 3 N–H and O–H groups in total. The van der Waals surface area contributed by atoms with Crippen LogP contribution in [0.3, 0.4) is 0 Å². The van der Waals surface area contributed by atoms with Crippen molar-refractivity contribution in [2.24, 2.45) is 5.73 Å². The summed E-state index contributed by atoms with van der Waals surface area (Å²) in [5.74, 6) is -0.525. The average Bonchev–Trinajstić information content (AvgIpc) is 2.48. The first-order valence-electron chi connectivity index (χ1n) is 6.42. The minimum atomic E-state index is -0.374. The first-order valence-corrected chi connectivity index (χ1v) is 7.64. The third-order valence-electron chi connectivity index (χ3n) is 2.94. The largest absolute Gasteiger partial charge is 0.369 e. The molecule has 0 spiro atoms. The molecule has 0 fully saturated rings. The topological polar surface area (TPSA) is 72.2 Å². The Morgan fingerprint density at radius 3 is 2.38 bits per heavy atom. The van der Waals surface area contributed by atoms with Crippen LogP contribution in [0.5, 0.6) is 0 Å². The zero-order chi connectivity index (χ0) is 15.2. The third kappa shape index (κ3) is 4.10. The summed E-state index contributed by atoms with van der Waals surface area (Å²) in [5.41, 5.74) is 7.29. The van der Waals surface area contributed by atoms with E-state index in [0.717, 1.165) is 10.5 Å². The van der Waals surface area contributed by atoms with Crippen LogP contribution in [-0.4, -0.2) is 18.1 Å². The molecular weight excluding hydrogens is 284 g/mol. The lowest BCUT2D eigenvalue weighted by molar-refractivity contribution is -0.117. The van der Waals surface area contributed by atoms with Gasteiger partial charge in [0, 0.05) is 10.6 Å². The molecule has 0 aliphatic rings. The number of carbonyl (C=O) groups is 2. The molecule has 0 atom stereocenters. The zero-order valence-electron chi connectivity index (χ0n) is 11.6. The van der Waals surface area contributed by atoms with Crippen molar-refractivity contribution < 1.29 is 9.59 Å². The molecule has 4 nitrogen and oxygen atoms in total. The van der Waals surface area contributed by atoms with E-state index in [9.17, 15) is 9.59 Å². The predicted molar refractivity (Wildman–Crippen MR) is 85.5 cm³/mol. The Hall–Kier alpha value is -2.27. The molecule has 0 saturated heterocycles. The maximum absolute atomic E-state index is 12.3. The van der Waals surface area contributed by atoms with Gasteiger partial charge in [-0.25, -0.2) is 0 Å². The average molecular weight is 300 g/mol. The highest BCUT2D eigenvalue weighted by molar-refractivity contribution is 7.98. The summed E-state index contributed by atoms with van der Waals surface area (Å²) < 4.78 is 0. The molecule has 2 rings (SSSR count). The van der Waals surface area contributed by atoms with E-state index in [2.05, 4.69) is 5.32 Å². The molecule has 2 aromatic rings.